The first-order chi connectivity index (χ1) is 11.2. The largest absolute Gasteiger partial charge is 0.493 e. The minimum absolute atomic E-state index is 0.0228. The molecule has 1 unspecified atom stereocenters. The molecule has 0 spiro atoms. The lowest BCUT2D eigenvalue weighted by molar-refractivity contribution is -0.0974. The first-order valence-corrected chi connectivity index (χ1v) is 7.44. The predicted molar refractivity (Wildman–Crippen MR) is 88.6 cm³/mol. The quantitative estimate of drug-likeness (QED) is 0.439. The predicted octanol–water partition coefficient (Wildman–Crippen LogP) is 3.21. The zero-order valence-electron chi connectivity index (χ0n) is 12.9. The zero-order chi connectivity index (χ0) is 16.5. The third-order valence-electron chi connectivity index (χ3n) is 3.19. The van der Waals surface area contributed by atoms with Gasteiger partial charge in [0.1, 0.15) is 5.75 Å². The van der Waals surface area contributed by atoms with Crippen LogP contribution in [0.15, 0.2) is 67.3 Å². The van der Waals surface area contributed by atoms with Crippen molar-refractivity contribution < 1.29 is 19.4 Å². The molecule has 2 aromatic carbocycles. The Hall–Kier alpha value is -2.43. The minimum atomic E-state index is -0.869. The van der Waals surface area contributed by atoms with Crippen molar-refractivity contribution in [3.63, 3.8) is 0 Å². The maximum absolute atomic E-state index is 12.3. The van der Waals surface area contributed by atoms with Crippen LogP contribution in [0.3, 0.4) is 0 Å². The molecule has 0 amide bonds. The van der Waals surface area contributed by atoms with Crippen LogP contribution in [-0.4, -0.2) is 30.4 Å². The Morgan fingerprint density at radius 3 is 2.39 bits per heavy atom. The van der Waals surface area contributed by atoms with E-state index >= 15 is 0 Å². The van der Waals surface area contributed by atoms with Crippen LogP contribution < -0.4 is 4.74 Å². The van der Waals surface area contributed by atoms with Gasteiger partial charge in [0.15, 0.2) is 12.1 Å². The normalized spacial score (nSPS) is 11.7. The Morgan fingerprint density at radius 2 is 1.74 bits per heavy atom. The molecule has 0 radical (unpaired) electrons. The molecule has 2 aromatic rings. The van der Waals surface area contributed by atoms with Gasteiger partial charge in [0.2, 0.25) is 0 Å². The number of aliphatic hydroxyl groups is 1. The highest BCUT2D eigenvalue weighted by Crippen LogP contribution is 2.16. The number of rotatable bonds is 9. The van der Waals surface area contributed by atoms with Crippen molar-refractivity contribution in [2.75, 3.05) is 13.2 Å². The van der Waals surface area contributed by atoms with Gasteiger partial charge in [0.25, 0.3) is 0 Å². The van der Waals surface area contributed by atoms with Crippen molar-refractivity contribution in [1.82, 2.24) is 0 Å². The molecular formula is C19H20O4. The SMILES string of the molecule is C=CCOC(O)CCOc1ccc(C(=O)c2ccccc2)cc1. The van der Waals surface area contributed by atoms with Gasteiger partial charge in [-0.05, 0) is 24.3 Å². The van der Waals surface area contributed by atoms with E-state index in [1.165, 1.54) is 0 Å². The summed E-state index contributed by atoms with van der Waals surface area (Å²) in [5.41, 5.74) is 1.27. The smallest absolute Gasteiger partial charge is 0.193 e. The molecule has 120 valence electrons. The summed E-state index contributed by atoms with van der Waals surface area (Å²) in [6.45, 7) is 4.14. The van der Waals surface area contributed by atoms with Crippen molar-refractivity contribution in [2.45, 2.75) is 12.7 Å². The van der Waals surface area contributed by atoms with E-state index < -0.39 is 6.29 Å². The van der Waals surface area contributed by atoms with E-state index in [0.717, 1.165) is 0 Å². The lowest BCUT2D eigenvalue weighted by Crippen LogP contribution is -2.15. The van der Waals surface area contributed by atoms with Crippen LogP contribution >= 0.6 is 0 Å². The van der Waals surface area contributed by atoms with E-state index in [1.54, 1.807) is 42.5 Å². The van der Waals surface area contributed by atoms with Gasteiger partial charge in [-0.1, -0.05) is 36.4 Å². The molecule has 0 saturated carbocycles. The fourth-order valence-electron chi connectivity index (χ4n) is 2.00. The molecule has 0 aliphatic carbocycles. The van der Waals surface area contributed by atoms with E-state index in [1.807, 2.05) is 18.2 Å². The second-order valence-electron chi connectivity index (χ2n) is 4.93. The molecule has 0 fully saturated rings. The molecule has 4 heteroatoms. The molecule has 2 rings (SSSR count). The highest BCUT2D eigenvalue weighted by molar-refractivity contribution is 6.08. The summed E-state index contributed by atoms with van der Waals surface area (Å²) >= 11 is 0. The molecular weight excluding hydrogens is 292 g/mol. The number of hydrogen-bond donors (Lipinski definition) is 1. The van der Waals surface area contributed by atoms with Crippen LogP contribution in [0.4, 0.5) is 0 Å². The van der Waals surface area contributed by atoms with Gasteiger partial charge in [0, 0.05) is 17.5 Å². The summed E-state index contributed by atoms with van der Waals surface area (Å²) in [6.07, 6.45) is 1.07. The molecule has 0 aliphatic rings. The third kappa shape index (κ3) is 5.36. The van der Waals surface area contributed by atoms with E-state index in [0.29, 0.717) is 36.5 Å². The van der Waals surface area contributed by atoms with Crippen LogP contribution in [0, 0.1) is 0 Å². The fourth-order valence-corrected chi connectivity index (χ4v) is 2.00. The van der Waals surface area contributed by atoms with Crippen molar-refractivity contribution in [3.8, 4) is 5.75 Å². The number of benzene rings is 2. The van der Waals surface area contributed by atoms with E-state index in [2.05, 4.69) is 6.58 Å². The summed E-state index contributed by atoms with van der Waals surface area (Å²) in [4.78, 5) is 12.3. The van der Waals surface area contributed by atoms with Crippen LogP contribution in [0.1, 0.15) is 22.3 Å². The third-order valence-corrected chi connectivity index (χ3v) is 3.19. The monoisotopic (exact) mass is 312 g/mol. The van der Waals surface area contributed by atoms with E-state index in [9.17, 15) is 9.90 Å². The summed E-state index contributed by atoms with van der Waals surface area (Å²) in [5.74, 6) is 0.621. The molecule has 0 aromatic heterocycles. The van der Waals surface area contributed by atoms with Crippen LogP contribution in [0.25, 0.3) is 0 Å². The van der Waals surface area contributed by atoms with E-state index in [4.69, 9.17) is 9.47 Å². The second-order valence-corrected chi connectivity index (χ2v) is 4.93. The molecule has 4 nitrogen and oxygen atoms in total. The molecule has 0 saturated heterocycles. The average Bonchev–Trinajstić information content (AvgIpc) is 2.60. The van der Waals surface area contributed by atoms with Gasteiger partial charge in [-0.25, -0.2) is 0 Å². The Labute approximate surface area is 136 Å². The summed E-state index contributed by atoms with van der Waals surface area (Å²) in [5, 5.41) is 9.51. The zero-order valence-corrected chi connectivity index (χ0v) is 12.9. The average molecular weight is 312 g/mol. The molecule has 23 heavy (non-hydrogen) atoms. The molecule has 1 N–H and O–H groups in total. The van der Waals surface area contributed by atoms with Crippen molar-refractivity contribution in [1.29, 1.82) is 0 Å². The van der Waals surface area contributed by atoms with Crippen LogP contribution in [0.5, 0.6) is 5.75 Å². The standard InChI is InChI=1S/C19H20O4/c1-2-13-23-18(20)12-14-22-17-10-8-16(9-11-17)19(21)15-6-4-3-5-7-15/h2-11,18,20H,1,12-14H2. The maximum Gasteiger partial charge on any atom is 0.193 e. The number of hydrogen-bond acceptors (Lipinski definition) is 4. The Bertz CT molecular complexity index is 620. The van der Waals surface area contributed by atoms with Gasteiger partial charge >= 0.3 is 0 Å². The summed E-state index contributed by atoms with van der Waals surface area (Å²) in [6, 6.07) is 16.1. The molecule has 1 atom stereocenters. The van der Waals surface area contributed by atoms with Gasteiger partial charge in [-0.15, -0.1) is 6.58 Å². The Morgan fingerprint density at radius 1 is 1.09 bits per heavy atom. The lowest BCUT2D eigenvalue weighted by Gasteiger charge is -2.11. The fraction of sp³-hybridized carbons (Fsp3) is 0.211. The molecule has 0 bridgehead atoms. The van der Waals surface area contributed by atoms with Gasteiger partial charge < -0.3 is 14.6 Å². The number of carbonyl (C=O) groups excluding carboxylic acids is 1. The summed E-state index contributed by atoms with van der Waals surface area (Å²) in [7, 11) is 0. The number of aliphatic hydroxyl groups excluding tert-OH is 1. The minimum Gasteiger partial charge on any atom is -0.493 e. The second kappa shape index (κ2) is 8.88. The van der Waals surface area contributed by atoms with Gasteiger partial charge in [-0.2, -0.15) is 0 Å². The molecule has 0 heterocycles. The van der Waals surface area contributed by atoms with Crippen LogP contribution in [-0.2, 0) is 4.74 Å². The number of ketones is 1. The van der Waals surface area contributed by atoms with Crippen molar-refractivity contribution >= 4 is 5.78 Å². The van der Waals surface area contributed by atoms with Gasteiger partial charge in [-0.3, -0.25) is 4.79 Å². The highest BCUT2D eigenvalue weighted by Gasteiger charge is 2.08. The first kappa shape index (κ1) is 16.9. The van der Waals surface area contributed by atoms with Crippen LogP contribution in [0.2, 0.25) is 0 Å². The van der Waals surface area contributed by atoms with Gasteiger partial charge in [0.05, 0.1) is 13.2 Å². The van der Waals surface area contributed by atoms with E-state index in [-0.39, 0.29) is 5.78 Å². The molecule has 0 aliphatic heterocycles. The lowest BCUT2D eigenvalue weighted by atomic mass is 10.0. The maximum atomic E-state index is 12.3. The highest BCUT2D eigenvalue weighted by atomic mass is 16.6. The Balaban J connectivity index is 1.85. The Kier molecular flexibility index (Phi) is 6.54. The topological polar surface area (TPSA) is 55.8 Å². The number of ether oxygens (including phenoxy) is 2. The van der Waals surface area contributed by atoms with Crippen molar-refractivity contribution in [2.24, 2.45) is 0 Å². The van der Waals surface area contributed by atoms with Crippen molar-refractivity contribution in [3.05, 3.63) is 78.4 Å². The first-order valence-electron chi connectivity index (χ1n) is 7.44. The number of carbonyl (C=O) groups is 1. The summed E-state index contributed by atoms with van der Waals surface area (Å²) < 4.78 is 10.6.